The molecule has 2 aromatic heterocycles. The van der Waals surface area contributed by atoms with E-state index in [1.165, 1.54) is 0 Å². The Morgan fingerprint density at radius 2 is 1.56 bits per heavy atom. The molecule has 2 heterocycles. The highest BCUT2D eigenvalue weighted by Crippen LogP contribution is 2.21. The van der Waals surface area contributed by atoms with Crippen molar-refractivity contribution < 1.29 is 0 Å². The van der Waals surface area contributed by atoms with Gasteiger partial charge in [-0.15, -0.1) is 10.2 Å². The fraction of sp³-hybridized carbons (Fsp3) is 0.0714. The molecular formula is C14H12N4. The minimum atomic E-state index is 0.773. The summed E-state index contributed by atoms with van der Waals surface area (Å²) >= 11 is 0. The first-order valence-electron chi connectivity index (χ1n) is 5.72. The number of hydrogen-bond donors (Lipinski definition) is 0. The number of nitrogens with zero attached hydrogens (tertiary/aromatic N) is 4. The van der Waals surface area contributed by atoms with Gasteiger partial charge in [-0.3, -0.25) is 4.98 Å². The van der Waals surface area contributed by atoms with Crippen LogP contribution in [0.5, 0.6) is 0 Å². The van der Waals surface area contributed by atoms with Gasteiger partial charge >= 0.3 is 0 Å². The molecule has 0 aliphatic heterocycles. The Morgan fingerprint density at radius 1 is 0.833 bits per heavy atom. The average molecular weight is 236 g/mol. The lowest BCUT2D eigenvalue weighted by atomic mass is 10.2. The van der Waals surface area contributed by atoms with Crippen molar-refractivity contribution >= 4 is 0 Å². The van der Waals surface area contributed by atoms with Crippen molar-refractivity contribution in [3.8, 4) is 22.9 Å². The summed E-state index contributed by atoms with van der Waals surface area (Å²) in [6.07, 6.45) is 1.76. The van der Waals surface area contributed by atoms with Gasteiger partial charge in [-0.25, -0.2) is 0 Å². The Morgan fingerprint density at radius 3 is 2.28 bits per heavy atom. The quantitative estimate of drug-likeness (QED) is 0.686. The first-order valence-corrected chi connectivity index (χ1v) is 5.72. The Kier molecular flexibility index (Phi) is 2.61. The molecular weight excluding hydrogens is 224 g/mol. The lowest BCUT2D eigenvalue weighted by Crippen LogP contribution is -1.96. The lowest BCUT2D eigenvalue weighted by Gasteiger charge is -2.03. The van der Waals surface area contributed by atoms with E-state index in [1.807, 2.05) is 60.1 Å². The van der Waals surface area contributed by atoms with Crippen LogP contribution >= 0.6 is 0 Å². The first-order chi connectivity index (χ1) is 8.86. The summed E-state index contributed by atoms with van der Waals surface area (Å²) < 4.78 is 1.96. The van der Waals surface area contributed by atoms with Gasteiger partial charge in [0.25, 0.3) is 0 Å². The molecule has 18 heavy (non-hydrogen) atoms. The molecule has 0 atom stereocenters. The summed E-state index contributed by atoms with van der Waals surface area (Å²) in [6.45, 7) is 0. The highest BCUT2D eigenvalue weighted by atomic mass is 15.3. The smallest absolute Gasteiger partial charge is 0.182 e. The summed E-state index contributed by atoms with van der Waals surface area (Å²) in [6, 6.07) is 15.8. The van der Waals surface area contributed by atoms with Crippen molar-refractivity contribution in [2.45, 2.75) is 0 Å². The molecule has 88 valence electrons. The first kappa shape index (κ1) is 10.7. The average Bonchev–Trinajstić information content (AvgIpc) is 2.83. The van der Waals surface area contributed by atoms with Gasteiger partial charge < -0.3 is 4.57 Å². The van der Waals surface area contributed by atoms with Crippen LogP contribution in [0.4, 0.5) is 0 Å². The third-order valence-electron chi connectivity index (χ3n) is 2.80. The van der Waals surface area contributed by atoms with Crippen LogP contribution in [0.2, 0.25) is 0 Å². The van der Waals surface area contributed by atoms with Gasteiger partial charge in [0.1, 0.15) is 5.69 Å². The Labute approximate surface area is 105 Å². The van der Waals surface area contributed by atoms with Gasteiger partial charge in [0, 0.05) is 18.8 Å². The molecule has 0 aliphatic carbocycles. The second kappa shape index (κ2) is 4.41. The van der Waals surface area contributed by atoms with Crippen molar-refractivity contribution in [1.29, 1.82) is 0 Å². The molecule has 4 heteroatoms. The normalized spacial score (nSPS) is 10.5. The molecule has 0 saturated carbocycles. The fourth-order valence-corrected chi connectivity index (χ4v) is 1.89. The van der Waals surface area contributed by atoms with Gasteiger partial charge in [0.15, 0.2) is 11.6 Å². The Balaban J connectivity index is 2.09. The topological polar surface area (TPSA) is 43.6 Å². The van der Waals surface area contributed by atoms with E-state index < -0.39 is 0 Å². The lowest BCUT2D eigenvalue weighted by molar-refractivity contribution is 0.923. The number of aromatic nitrogens is 4. The van der Waals surface area contributed by atoms with E-state index in [0.29, 0.717) is 0 Å². The third kappa shape index (κ3) is 1.78. The molecule has 1 aromatic carbocycles. The number of benzene rings is 1. The van der Waals surface area contributed by atoms with Gasteiger partial charge in [-0.2, -0.15) is 0 Å². The summed E-state index contributed by atoms with van der Waals surface area (Å²) in [5.41, 5.74) is 1.88. The van der Waals surface area contributed by atoms with E-state index >= 15 is 0 Å². The zero-order valence-electron chi connectivity index (χ0n) is 9.99. The molecule has 0 radical (unpaired) electrons. The van der Waals surface area contributed by atoms with Crippen molar-refractivity contribution in [2.75, 3.05) is 0 Å². The van der Waals surface area contributed by atoms with Gasteiger partial charge in [-0.1, -0.05) is 36.4 Å². The molecule has 0 aliphatic rings. The Bertz CT molecular complexity index is 587. The number of hydrogen-bond acceptors (Lipinski definition) is 3. The maximum atomic E-state index is 4.29. The van der Waals surface area contributed by atoms with Crippen LogP contribution in [0.3, 0.4) is 0 Å². The van der Waals surface area contributed by atoms with Crippen LogP contribution in [-0.4, -0.2) is 19.7 Å². The van der Waals surface area contributed by atoms with Crippen LogP contribution in [-0.2, 0) is 7.05 Å². The highest BCUT2D eigenvalue weighted by molar-refractivity contribution is 5.60. The monoisotopic (exact) mass is 236 g/mol. The summed E-state index contributed by atoms with van der Waals surface area (Å²) in [4.78, 5) is 4.29. The van der Waals surface area contributed by atoms with Crippen molar-refractivity contribution in [3.63, 3.8) is 0 Å². The predicted molar refractivity (Wildman–Crippen MR) is 69.7 cm³/mol. The van der Waals surface area contributed by atoms with Crippen LogP contribution in [0, 0.1) is 0 Å². The maximum absolute atomic E-state index is 4.29. The SMILES string of the molecule is Cn1c(-c2ccccc2)nnc1-c1ccccn1. The summed E-state index contributed by atoms with van der Waals surface area (Å²) in [5.74, 6) is 1.62. The molecule has 0 spiro atoms. The maximum Gasteiger partial charge on any atom is 0.182 e. The largest absolute Gasteiger partial charge is 0.309 e. The molecule has 3 rings (SSSR count). The van der Waals surface area contributed by atoms with E-state index in [9.17, 15) is 0 Å². The molecule has 3 aromatic rings. The molecule has 4 nitrogen and oxygen atoms in total. The summed E-state index contributed by atoms with van der Waals surface area (Å²) in [7, 11) is 1.95. The number of pyridine rings is 1. The van der Waals surface area contributed by atoms with Crippen LogP contribution in [0.15, 0.2) is 54.7 Å². The standard InChI is InChI=1S/C14H12N4/c1-18-13(11-7-3-2-4-8-11)16-17-14(18)12-9-5-6-10-15-12/h2-10H,1H3. The zero-order valence-corrected chi connectivity index (χ0v) is 9.99. The second-order valence-electron chi connectivity index (χ2n) is 3.99. The fourth-order valence-electron chi connectivity index (χ4n) is 1.89. The molecule has 0 amide bonds. The van der Waals surface area contributed by atoms with E-state index in [2.05, 4.69) is 15.2 Å². The predicted octanol–water partition coefficient (Wildman–Crippen LogP) is 2.54. The summed E-state index contributed by atoms with van der Waals surface area (Å²) in [5, 5.41) is 8.45. The van der Waals surface area contributed by atoms with E-state index in [0.717, 1.165) is 22.9 Å². The second-order valence-corrected chi connectivity index (χ2v) is 3.99. The van der Waals surface area contributed by atoms with Gasteiger partial charge in [0.2, 0.25) is 0 Å². The van der Waals surface area contributed by atoms with Gasteiger partial charge in [0.05, 0.1) is 0 Å². The Hall–Kier alpha value is -2.49. The minimum Gasteiger partial charge on any atom is -0.309 e. The van der Waals surface area contributed by atoms with E-state index in [4.69, 9.17) is 0 Å². The molecule has 0 saturated heterocycles. The van der Waals surface area contributed by atoms with Crippen molar-refractivity contribution in [2.24, 2.45) is 7.05 Å². The highest BCUT2D eigenvalue weighted by Gasteiger charge is 2.12. The van der Waals surface area contributed by atoms with Crippen LogP contribution < -0.4 is 0 Å². The third-order valence-corrected chi connectivity index (χ3v) is 2.80. The van der Waals surface area contributed by atoms with Crippen LogP contribution in [0.1, 0.15) is 0 Å². The van der Waals surface area contributed by atoms with Crippen molar-refractivity contribution in [3.05, 3.63) is 54.7 Å². The molecule has 0 N–H and O–H groups in total. The van der Waals surface area contributed by atoms with Crippen molar-refractivity contribution in [1.82, 2.24) is 19.7 Å². The van der Waals surface area contributed by atoms with E-state index in [1.54, 1.807) is 6.20 Å². The molecule has 0 fully saturated rings. The van der Waals surface area contributed by atoms with Gasteiger partial charge in [-0.05, 0) is 12.1 Å². The minimum absolute atomic E-state index is 0.773. The number of rotatable bonds is 2. The molecule has 0 bridgehead atoms. The zero-order chi connectivity index (χ0) is 12.4. The van der Waals surface area contributed by atoms with E-state index in [-0.39, 0.29) is 0 Å². The van der Waals surface area contributed by atoms with Crippen LogP contribution in [0.25, 0.3) is 22.9 Å². The molecule has 0 unspecified atom stereocenters.